The van der Waals surface area contributed by atoms with Crippen LogP contribution in [0.3, 0.4) is 0 Å². The maximum absolute atomic E-state index is 10.8. The number of hydrogen-bond donors (Lipinski definition) is 3. The summed E-state index contributed by atoms with van der Waals surface area (Å²) >= 11 is 0. The molecule has 16 heavy (non-hydrogen) atoms. The zero-order chi connectivity index (χ0) is 11.7. The molecule has 2 aromatic heterocycles. The van der Waals surface area contributed by atoms with E-state index in [1.165, 1.54) is 6.33 Å². The molecule has 8 heteroatoms. The Bertz CT molecular complexity index is 512. The van der Waals surface area contributed by atoms with Crippen molar-refractivity contribution in [3.8, 4) is 11.6 Å². The Balaban J connectivity index is 2.58. The predicted octanol–water partition coefficient (Wildman–Crippen LogP) is -0.149. The van der Waals surface area contributed by atoms with Gasteiger partial charge in [0.15, 0.2) is 11.6 Å². The minimum Gasteiger partial charge on any atom is -0.477 e. The summed E-state index contributed by atoms with van der Waals surface area (Å²) in [6.45, 7) is 1.54. The number of carboxylic acids is 1. The Morgan fingerprint density at radius 3 is 2.75 bits per heavy atom. The lowest BCUT2D eigenvalue weighted by molar-refractivity contribution is 0.0696. The van der Waals surface area contributed by atoms with E-state index in [0.717, 1.165) is 0 Å². The molecule has 0 bridgehead atoms. The highest BCUT2D eigenvalue weighted by Crippen LogP contribution is 2.17. The summed E-state index contributed by atoms with van der Waals surface area (Å²) in [6, 6.07) is 0. The molecule has 2 heterocycles. The Labute approximate surface area is 89.6 Å². The first-order valence-corrected chi connectivity index (χ1v) is 4.32. The Morgan fingerprint density at radius 1 is 1.50 bits per heavy atom. The number of nitrogens with zero attached hydrogens (tertiary/aromatic N) is 4. The van der Waals surface area contributed by atoms with Crippen molar-refractivity contribution in [2.24, 2.45) is 0 Å². The number of anilines is 1. The van der Waals surface area contributed by atoms with Gasteiger partial charge < -0.3 is 10.8 Å². The number of hydrogen-bond acceptors (Lipinski definition) is 6. The maximum Gasteiger partial charge on any atom is 0.341 e. The molecule has 0 aliphatic rings. The topological polar surface area (TPSA) is 131 Å². The molecule has 0 aliphatic carbocycles. The van der Waals surface area contributed by atoms with Gasteiger partial charge in [-0.25, -0.2) is 19.7 Å². The van der Waals surface area contributed by atoms with Crippen LogP contribution in [0, 0.1) is 6.92 Å². The highest BCUT2D eigenvalue weighted by molar-refractivity contribution is 5.93. The fourth-order valence-electron chi connectivity index (χ4n) is 1.28. The minimum absolute atomic E-state index is 0.0913. The number of aryl methyl sites for hydroxylation is 1. The number of carbonyl (C=O) groups is 1. The second-order valence-electron chi connectivity index (χ2n) is 3.03. The van der Waals surface area contributed by atoms with Gasteiger partial charge >= 0.3 is 5.97 Å². The van der Waals surface area contributed by atoms with E-state index in [-0.39, 0.29) is 22.9 Å². The van der Waals surface area contributed by atoms with Crippen LogP contribution in [0.5, 0.6) is 0 Å². The van der Waals surface area contributed by atoms with Gasteiger partial charge in [0, 0.05) is 0 Å². The third-order valence-electron chi connectivity index (χ3n) is 1.96. The summed E-state index contributed by atoms with van der Waals surface area (Å²) in [7, 11) is 0. The average Bonchev–Trinajstić information content (AvgIpc) is 2.67. The normalized spacial score (nSPS) is 10.3. The van der Waals surface area contributed by atoms with Gasteiger partial charge in [-0.1, -0.05) is 0 Å². The van der Waals surface area contributed by atoms with Crippen molar-refractivity contribution in [1.82, 2.24) is 25.1 Å². The summed E-state index contributed by atoms with van der Waals surface area (Å²) in [6.07, 6.45) is 1.30. The van der Waals surface area contributed by atoms with Gasteiger partial charge in [0.05, 0.1) is 5.69 Å². The van der Waals surface area contributed by atoms with E-state index >= 15 is 0 Å². The van der Waals surface area contributed by atoms with Gasteiger partial charge in [-0.05, 0) is 6.92 Å². The van der Waals surface area contributed by atoms with E-state index in [9.17, 15) is 4.79 Å². The van der Waals surface area contributed by atoms with Gasteiger partial charge in [-0.3, -0.25) is 5.10 Å². The van der Waals surface area contributed by atoms with Gasteiger partial charge in [0.2, 0.25) is 0 Å². The molecule has 0 aromatic carbocycles. The number of carboxylic acid groups (broad SMARTS) is 1. The number of nitrogens with two attached hydrogens (primary N) is 1. The molecule has 0 amide bonds. The smallest absolute Gasteiger partial charge is 0.341 e. The third kappa shape index (κ3) is 1.56. The fourth-order valence-corrected chi connectivity index (χ4v) is 1.28. The molecule has 8 nitrogen and oxygen atoms in total. The van der Waals surface area contributed by atoms with Crippen LogP contribution < -0.4 is 5.73 Å². The molecule has 2 rings (SSSR count). The van der Waals surface area contributed by atoms with Crippen LogP contribution in [0.1, 0.15) is 16.1 Å². The summed E-state index contributed by atoms with van der Waals surface area (Å²) in [5.74, 6) is -0.685. The first-order chi connectivity index (χ1) is 7.59. The Morgan fingerprint density at radius 2 is 2.25 bits per heavy atom. The maximum atomic E-state index is 10.8. The number of H-pyrrole nitrogens is 1. The van der Waals surface area contributed by atoms with Gasteiger partial charge in [0.25, 0.3) is 0 Å². The predicted molar refractivity (Wildman–Crippen MR) is 53.5 cm³/mol. The van der Waals surface area contributed by atoms with Crippen molar-refractivity contribution >= 4 is 11.8 Å². The molecule has 0 radical (unpaired) electrons. The summed E-state index contributed by atoms with van der Waals surface area (Å²) in [4.78, 5) is 22.5. The lowest BCUT2D eigenvalue weighted by Gasteiger charge is -2.04. The highest BCUT2D eigenvalue weighted by Gasteiger charge is 2.17. The molecule has 0 unspecified atom stereocenters. The molecule has 4 N–H and O–H groups in total. The summed E-state index contributed by atoms with van der Waals surface area (Å²) in [5, 5.41) is 15.1. The van der Waals surface area contributed by atoms with E-state index in [1.807, 2.05) is 0 Å². The molecule has 0 saturated carbocycles. The zero-order valence-corrected chi connectivity index (χ0v) is 8.30. The van der Waals surface area contributed by atoms with Crippen molar-refractivity contribution in [3.63, 3.8) is 0 Å². The molecular formula is C8H8N6O2. The van der Waals surface area contributed by atoms with Crippen molar-refractivity contribution in [2.45, 2.75) is 6.92 Å². The first-order valence-electron chi connectivity index (χ1n) is 4.32. The van der Waals surface area contributed by atoms with E-state index in [4.69, 9.17) is 10.8 Å². The fraction of sp³-hybridized carbons (Fsp3) is 0.125. The van der Waals surface area contributed by atoms with Crippen molar-refractivity contribution in [3.05, 3.63) is 17.6 Å². The average molecular weight is 220 g/mol. The standard InChI is InChI=1S/C8H8N6O2/c1-3-4(8(15)16)5(9)13-7(12-3)6-10-2-11-14-6/h2H,1H3,(H,15,16)(H2,9,12,13)(H,10,11,14). The van der Waals surface area contributed by atoms with E-state index in [2.05, 4.69) is 25.1 Å². The van der Waals surface area contributed by atoms with Crippen LogP contribution in [-0.4, -0.2) is 36.2 Å². The SMILES string of the molecule is Cc1nc(-c2ncn[nH]2)nc(N)c1C(=O)O. The van der Waals surface area contributed by atoms with Crippen LogP contribution in [0.4, 0.5) is 5.82 Å². The van der Waals surface area contributed by atoms with Crippen molar-refractivity contribution in [2.75, 3.05) is 5.73 Å². The number of rotatable bonds is 2. The summed E-state index contributed by atoms with van der Waals surface area (Å²) < 4.78 is 0. The third-order valence-corrected chi connectivity index (χ3v) is 1.96. The van der Waals surface area contributed by atoms with Crippen LogP contribution in [0.2, 0.25) is 0 Å². The number of aromatic amines is 1. The zero-order valence-electron chi connectivity index (χ0n) is 8.30. The van der Waals surface area contributed by atoms with Crippen LogP contribution in [0.25, 0.3) is 11.6 Å². The van der Waals surface area contributed by atoms with Crippen molar-refractivity contribution < 1.29 is 9.90 Å². The van der Waals surface area contributed by atoms with Gasteiger partial charge in [0.1, 0.15) is 17.7 Å². The monoisotopic (exact) mass is 220 g/mol. The van der Waals surface area contributed by atoms with E-state index < -0.39 is 5.97 Å². The quantitative estimate of drug-likeness (QED) is 0.641. The number of nitrogen functional groups attached to an aromatic ring is 1. The second-order valence-corrected chi connectivity index (χ2v) is 3.03. The molecular weight excluding hydrogens is 212 g/mol. The number of aromatic nitrogens is 5. The minimum atomic E-state index is -1.15. The van der Waals surface area contributed by atoms with Gasteiger partial charge in [-0.2, -0.15) is 5.10 Å². The molecule has 2 aromatic rings. The molecule has 0 atom stereocenters. The van der Waals surface area contributed by atoms with Gasteiger partial charge in [-0.15, -0.1) is 0 Å². The first kappa shape index (κ1) is 10.0. The molecule has 0 fully saturated rings. The van der Waals surface area contributed by atoms with Crippen LogP contribution >= 0.6 is 0 Å². The molecule has 0 spiro atoms. The van der Waals surface area contributed by atoms with E-state index in [0.29, 0.717) is 5.82 Å². The lowest BCUT2D eigenvalue weighted by atomic mass is 10.2. The van der Waals surface area contributed by atoms with Crippen LogP contribution in [0.15, 0.2) is 6.33 Å². The summed E-state index contributed by atoms with van der Waals surface area (Å²) in [5.41, 5.74) is 5.72. The largest absolute Gasteiger partial charge is 0.477 e. The van der Waals surface area contributed by atoms with E-state index in [1.54, 1.807) is 6.92 Å². The lowest BCUT2D eigenvalue weighted by Crippen LogP contribution is -2.10. The van der Waals surface area contributed by atoms with Crippen molar-refractivity contribution in [1.29, 1.82) is 0 Å². The molecule has 0 saturated heterocycles. The Kier molecular flexibility index (Phi) is 2.24. The number of aromatic carboxylic acids is 1. The second kappa shape index (κ2) is 3.57. The molecule has 0 aliphatic heterocycles. The number of nitrogens with one attached hydrogen (secondary N) is 1. The van der Waals surface area contributed by atoms with Crippen LogP contribution in [-0.2, 0) is 0 Å². The molecule has 82 valence electrons. The Hall–Kier alpha value is -2.51. The highest BCUT2D eigenvalue weighted by atomic mass is 16.4.